The van der Waals surface area contributed by atoms with E-state index in [1.165, 1.54) is 0 Å². The van der Waals surface area contributed by atoms with Gasteiger partial charge >= 0.3 is 0 Å². The van der Waals surface area contributed by atoms with E-state index in [1.807, 2.05) is 24.3 Å². The number of hydrogen-bond acceptors (Lipinski definition) is 5. The standard InChI is InChI=1S/C13H15N3O3/c1-3-11(17)14-8-12-15-16-13(19-12)9-4-6-10(18-2)7-5-9/h4-7H,3,8H2,1-2H3,(H,14,17). The zero-order valence-electron chi connectivity index (χ0n) is 10.8. The van der Waals surface area contributed by atoms with Crippen LogP contribution in [-0.4, -0.2) is 23.2 Å². The lowest BCUT2D eigenvalue weighted by Gasteiger charge is -1.99. The molecule has 0 fully saturated rings. The van der Waals surface area contributed by atoms with Crippen molar-refractivity contribution in [2.75, 3.05) is 7.11 Å². The number of benzene rings is 1. The smallest absolute Gasteiger partial charge is 0.247 e. The Hall–Kier alpha value is -2.37. The molecule has 1 aromatic heterocycles. The summed E-state index contributed by atoms with van der Waals surface area (Å²) in [6, 6.07) is 7.30. The summed E-state index contributed by atoms with van der Waals surface area (Å²) in [6.07, 6.45) is 0.430. The second-order valence-corrected chi connectivity index (χ2v) is 3.86. The van der Waals surface area contributed by atoms with E-state index >= 15 is 0 Å². The highest BCUT2D eigenvalue weighted by Crippen LogP contribution is 2.20. The number of methoxy groups -OCH3 is 1. The Labute approximate surface area is 110 Å². The van der Waals surface area contributed by atoms with Crippen LogP contribution in [0.25, 0.3) is 11.5 Å². The van der Waals surface area contributed by atoms with E-state index in [2.05, 4.69) is 15.5 Å². The van der Waals surface area contributed by atoms with E-state index in [4.69, 9.17) is 9.15 Å². The monoisotopic (exact) mass is 261 g/mol. The summed E-state index contributed by atoms with van der Waals surface area (Å²) >= 11 is 0. The molecule has 0 aliphatic rings. The van der Waals surface area contributed by atoms with Gasteiger partial charge in [-0.15, -0.1) is 10.2 Å². The summed E-state index contributed by atoms with van der Waals surface area (Å²) < 4.78 is 10.5. The molecule has 0 saturated heterocycles. The van der Waals surface area contributed by atoms with Crippen LogP contribution in [0.5, 0.6) is 5.75 Å². The number of rotatable bonds is 5. The largest absolute Gasteiger partial charge is 0.497 e. The Morgan fingerprint density at radius 2 is 2.05 bits per heavy atom. The molecule has 6 heteroatoms. The van der Waals surface area contributed by atoms with Crippen LogP contribution in [0.4, 0.5) is 0 Å². The minimum atomic E-state index is -0.0517. The first-order valence-electron chi connectivity index (χ1n) is 5.96. The zero-order valence-corrected chi connectivity index (χ0v) is 10.8. The molecule has 1 N–H and O–H groups in total. The second kappa shape index (κ2) is 5.99. The number of nitrogens with zero attached hydrogens (tertiary/aromatic N) is 2. The van der Waals surface area contributed by atoms with Crippen molar-refractivity contribution in [3.63, 3.8) is 0 Å². The highest BCUT2D eigenvalue weighted by atomic mass is 16.5. The third kappa shape index (κ3) is 3.31. The molecule has 0 unspecified atom stereocenters. The molecular formula is C13H15N3O3. The lowest BCUT2D eigenvalue weighted by atomic mass is 10.2. The normalized spacial score (nSPS) is 10.2. The lowest BCUT2D eigenvalue weighted by Crippen LogP contribution is -2.21. The number of amides is 1. The van der Waals surface area contributed by atoms with Gasteiger partial charge < -0.3 is 14.5 Å². The van der Waals surface area contributed by atoms with E-state index in [0.29, 0.717) is 18.2 Å². The fourth-order valence-corrected chi connectivity index (χ4v) is 1.47. The molecular weight excluding hydrogens is 246 g/mol. The molecule has 1 aromatic carbocycles. The Morgan fingerprint density at radius 3 is 2.68 bits per heavy atom. The Morgan fingerprint density at radius 1 is 1.32 bits per heavy atom. The fourth-order valence-electron chi connectivity index (χ4n) is 1.47. The lowest BCUT2D eigenvalue weighted by molar-refractivity contribution is -0.121. The maximum Gasteiger partial charge on any atom is 0.247 e. The van der Waals surface area contributed by atoms with Crippen molar-refractivity contribution in [1.82, 2.24) is 15.5 Å². The first-order valence-corrected chi connectivity index (χ1v) is 5.96. The number of carbonyl (C=O) groups excluding carboxylic acids is 1. The van der Waals surface area contributed by atoms with E-state index in [1.54, 1.807) is 14.0 Å². The van der Waals surface area contributed by atoms with Crippen LogP contribution in [0.3, 0.4) is 0 Å². The van der Waals surface area contributed by atoms with Gasteiger partial charge in [0.15, 0.2) is 0 Å². The average Bonchev–Trinajstić information content (AvgIpc) is 2.93. The van der Waals surface area contributed by atoms with E-state index in [9.17, 15) is 4.79 Å². The molecule has 0 radical (unpaired) electrons. The maximum absolute atomic E-state index is 11.1. The third-order valence-electron chi connectivity index (χ3n) is 2.56. The summed E-state index contributed by atoms with van der Waals surface area (Å²) in [5.74, 6) is 1.51. The molecule has 0 bridgehead atoms. The first-order chi connectivity index (χ1) is 9.22. The molecule has 2 aromatic rings. The van der Waals surface area contributed by atoms with Gasteiger partial charge in [-0.1, -0.05) is 6.92 Å². The van der Waals surface area contributed by atoms with Crippen molar-refractivity contribution in [2.24, 2.45) is 0 Å². The Bertz CT molecular complexity index is 549. The van der Waals surface area contributed by atoms with Gasteiger partial charge in [0, 0.05) is 12.0 Å². The topological polar surface area (TPSA) is 77.2 Å². The molecule has 0 saturated carbocycles. The number of carbonyl (C=O) groups is 1. The van der Waals surface area contributed by atoms with E-state index in [0.717, 1.165) is 11.3 Å². The van der Waals surface area contributed by atoms with Gasteiger partial charge in [-0.25, -0.2) is 0 Å². The van der Waals surface area contributed by atoms with Gasteiger partial charge in [0.05, 0.1) is 13.7 Å². The molecule has 0 aliphatic carbocycles. The Balaban J connectivity index is 2.05. The van der Waals surface area contributed by atoms with Gasteiger partial charge in [-0.3, -0.25) is 4.79 Å². The van der Waals surface area contributed by atoms with Crippen molar-refractivity contribution in [3.8, 4) is 17.2 Å². The predicted molar refractivity (Wildman–Crippen MR) is 68.4 cm³/mol. The zero-order chi connectivity index (χ0) is 13.7. The van der Waals surface area contributed by atoms with Gasteiger partial charge in [-0.2, -0.15) is 0 Å². The quantitative estimate of drug-likeness (QED) is 0.887. The summed E-state index contributed by atoms with van der Waals surface area (Å²) in [5, 5.41) is 10.5. The highest BCUT2D eigenvalue weighted by Gasteiger charge is 2.09. The third-order valence-corrected chi connectivity index (χ3v) is 2.56. The summed E-state index contributed by atoms with van der Waals surface area (Å²) in [4.78, 5) is 11.1. The van der Waals surface area contributed by atoms with E-state index < -0.39 is 0 Å². The molecule has 0 atom stereocenters. The maximum atomic E-state index is 11.1. The van der Waals surface area contributed by atoms with Crippen molar-refractivity contribution < 1.29 is 13.9 Å². The molecule has 2 rings (SSSR count). The minimum Gasteiger partial charge on any atom is -0.497 e. The molecule has 100 valence electrons. The molecule has 1 amide bonds. The van der Waals surface area contributed by atoms with Crippen LogP contribution >= 0.6 is 0 Å². The Kier molecular flexibility index (Phi) is 4.12. The van der Waals surface area contributed by atoms with Crippen LogP contribution in [0.2, 0.25) is 0 Å². The molecule has 19 heavy (non-hydrogen) atoms. The van der Waals surface area contributed by atoms with Gasteiger partial charge in [0.1, 0.15) is 5.75 Å². The SMILES string of the molecule is CCC(=O)NCc1nnc(-c2ccc(OC)cc2)o1. The molecule has 0 aliphatic heterocycles. The molecule has 0 spiro atoms. The van der Waals surface area contributed by atoms with Crippen LogP contribution < -0.4 is 10.1 Å². The summed E-state index contributed by atoms with van der Waals surface area (Å²) in [6.45, 7) is 2.03. The van der Waals surface area contributed by atoms with Crippen molar-refractivity contribution in [2.45, 2.75) is 19.9 Å². The van der Waals surface area contributed by atoms with Crippen LogP contribution in [0.1, 0.15) is 19.2 Å². The second-order valence-electron chi connectivity index (χ2n) is 3.86. The number of hydrogen-bond donors (Lipinski definition) is 1. The van der Waals surface area contributed by atoms with Gasteiger partial charge in [-0.05, 0) is 24.3 Å². The van der Waals surface area contributed by atoms with Crippen molar-refractivity contribution in [1.29, 1.82) is 0 Å². The summed E-state index contributed by atoms with van der Waals surface area (Å²) in [5.41, 5.74) is 0.807. The summed E-state index contributed by atoms with van der Waals surface area (Å²) in [7, 11) is 1.61. The molecule has 1 heterocycles. The van der Waals surface area contributed by atoms with Gasteiger partial charge in [0.2, 0.25) is 17.7 Å². The highest BCUT2D eigenvalue weighted by molar-refractivity contribution is 5.75. The van der Waals surface area contributed by atoms with Crippen molar-refractivity contribution >= 4 is 5.91 Å². The van der Waals surface area contributed by atoms with Crippen molar-refractivity contribution in [3.05, 3.63) is 30.2 Å². The van der Waals surface area contributed by atoms with Crippen LogP contribution in [-0.2, 0) is 11.3 Å². The fraction of sp³-hybridized carbons (Fsp3) is 0.308. The number of ether oxygens (including phenoxy) is 1. The number of aromatic nitrogens is 2. The van der Waals surface area contributed by atoms with Crippen LogP contribution in [0.15, 0.2) is 28.7 Å². The number of nitrogens with one attached hydrogen (secondary N) is 1. The van der Waals surface area contributed by atoms with Gasteiger partial charge in [0.25, 0.3) is 0 Å². The van der Waals surface area contributed by atoms with E-state index in [-0.39, 0.29) is 12.5 Å². The minimum absolute atomic E-state index is 0.0517. The predicted octanol–water partition coefficient (Wildman–Crippen LogP) is 1.77. The molecule has 6 nitrogen and oxygen atoms in total. The average molecular weight is 261 g/mol. The van der Waals surface area contributed by atoms with Crippen LogP contribution in [0, 0.1) is 0 Å². The first kappa shape index (κ1) is 13.1.